The zero-order valence-corrected chi connectivity index (χ0v) is 17.3. The molecule has 0 amide bonds. The van der Waals surface area contributed by atoms with E-state index in [2.05, 4.69) is 25.5 Å². The van der Waals surface area contributed by atoms with Gasteiger partial charge in [0.25, 0.3) is 0 Å². The van der Waals surface area contributed by atoms with E-state index in [0.717, 1.165) is 42.9 Å². The zero-order valence-electron chi connectivity index (χ0n) is 17.3. The van der Waals surface area contributed by atoms with Gasteiger partial charge in [-0.05, 0) is 13.0 Å². The van der Waals surface area contributed by atoms with E-state index < -0.39 is 0 Å². The molecule has 1 saturated heterocycles. The molecule has 1 aliphatic rings. The molecule has 4 heterocycles. The number of piperazine rings is 1. The lowest BCUT2D eigenvalue weighted by Gasteiger charge is -2.27. The van der Waals surface area contributed by atoms with Crippen LogP contribution in [0.4, 0.5) is 17.6 Å². The van der Waals surface area contributed by atoms with Crippen LogP contribution in [0.3, 0.4) is 0 Å². The van der Waals surface area contributed by atoms with Gasteiger partial charge in [-0.2, -0.15) is 10.1 Å². The number of hydrogen-bond donors (Lipinski definition) is 2. The Bertz CT molecular complexity index is 958. The lowest BCUT2D eigenvalue weighted by molar-refractivity contribution is 0.136. The van der Waals surface area contributed by atoms with E-state index in [4.69, 9.17) is 24.5 Å². The van der Waals surface area contributed by atoms with Gasteiger partial charge in [0, 0.05) is 46.1 Å². The Balaban J connectivity index is 1.81. The van der Waals surface area contributed by atoms with E-state index in [9.17, 15) is 0 Å². The van der Waals surface area contributed by atoms with Gasteiger partial charge >= 0.3 is 0 Å². The number of rotatable bonds is 9. The van der Waals surface area contributed by atoms with Crippen LogP contribution in [-0.2, 0) is 22.6 Å². The first-order valence-electron chi connectivity index (χ1n) is 10.1. The molecular weight excluding hydrogens is 386 g/mol. The summed E-state index contributed by atoms with van der Waals surface area (Å²) in [5, 5.41) is 11.4. The molecule has 0 spiro atoms. The highest BCUT2D eigenvalue weighted by Crippen LogP contribution is 2.28. The van der Waals surface area contributed by atoms with Crippen molar-refractivity contribution < 1.29 is 9.47 Å². The number of nitrogens with zero attached hydrogens (tertiary/aromatic N) is 7. The minimum absolute atomic E-state index is 0.364. The van der Waals surface area contributed by atoms with Crippen LogP contribution >= 0.6 is 0 Å². The molecular formula is C19H27N9O2. The second-order valence-corrected chi connectivity index (χ2v) is 6.83. The summed E-state index contributed by atoms with van der Waals surface area (Å²) in [7, 11) is 1.66. The number of hydrogen-bond acceptors (Lipinski definition) is 10. The predicted molar refractivity (Wildman–Crippen MR) is 113 cm³/mol. The van der Waals surface area contributed by atoms with Gasteiger partial charge in [0.15, 0.2) is 5.82 Å². The van der Waals surface area contributed by atoms with Crippen molar-refractivity contribution in [2.45, 2.75) is 20.1 Å². The van der Waals surface area contributed by atoms with Crippen LogP contribution in [0.2, 0.25) is 0 Å². The molecule has 3 aromatic heterocycles. The zero-order chi connectivity index (χ0) is 20.8. The Morgan fingerprint density at radius 1 is 1.23 bits per heavy atom. The van der Waals surface area contributed by atoms with E-state index >= 15 is 0 Å². The lowest BCUT2D eigenvalue weighted by atomic mass is 10.3. The number of aromatic nitrogens is 6. The van der Waals surface area contributed by atoms with Crippen LogP contribution in [0, 0.1) is 0 Å². The van der Waals surface area contributed by atoms with E-state index in [0.29, 0.717) is 43.9 Å². The molecule has 0 bridgehead atoms. The fourth-order valence-electron chi connectivity index (χ4n) is 3.40. The van der Waals surface area contributed by atoms with Gasteiger partial charge in [0.1, 0.15) is 28.9 Å². The van der Waals surface area contributed by atoms with Crippen molar-refractivity contribution in [1.29, 1.82) is 0 Å². The maximum Gasteiger partial charge on any atom is 0.228 e. The van der Waals surface area contributed by atoms with Gasteiger partial charge in [0.2, 0.25) is 5.95 Å². The molecule has 11 heteroatoms. The van der Waals surface area contributed by atoms with Crippen molar-refractivity contribution in [3.8, 4) is 0 Å². The van der Waals surface area contributed by atoms with Gasteiger partial charge < -0.3 is 25.0 Å². The molecule has 3 aromatic rings. The van der Waals surface area contributed by atoms with Crippen LogP contribution in [0.5, 0.6) is 0 Å². The molecule has 160 valence electrons. The highest BCUT2D eigenvalue weighted by atomic mass is 16.5. The summed E-state index contributed by atoms with van der Waals surface area (Å²) >= 11 is 0. The highest BCUT2D eigenvalue weighted by Gasteiger charge is 2.22. The van der Waals surface area contributed by atoms with Crippen molar-refractivity contribution in [2.75, 3.05) is 56.7 Å². The number of nitrogens with one attached hydrogen (secondary N) is 2. The fraction of sp³-hybridized carbons (Fsp3) is 0.526. The molecule has 11 nitrogen and oxygen atoms in total. The quantitative estimate of drug-likeness (QED) is 0.491. The maximum atomic E-state index is 5.54. The van der Waals surface area contributed by atoms with Crippen molar-refractivity contribution >= 4 is 28.6 Å². The second-order valence-electron chi connectivity index (χ2n) is 6.83. The van der Waals surface area contributed by atoms with Crippen LogP contribution in [0.15, 0.2) is 18.6 Å². The van der Waals surface area contributed by atoms with Crippen molar-refractivity contribution in [3.63, 3.8) is 0 Å². The number of methoxy groups -OCH3 is 1. The largest absolute Gasteiger partial charge is 0.380 e. The van der Waals surface area contributed by atoms with Gasteiger partial charge in [-0.3, -0.25) is 4.68 Å². The predicted octanol–water partition coefficient (Wildman–Crippen LogP) is 0.952. The number of fused-ring (bicyclic) bond motifs is 1. The van der Waals surface area contributed by atoms with Crippen molar-refractivity contribution in [1.82, 2.24) is 35.0 Å². The van der Waals surface area contributed by atoms with Gasteiger partial charge in [0.05, 0.1) is 19.8 Å². The second kappa shape index (κ2) is 9.74. The lowest BCUT2D eigenvalue weighted by Crippen LogP contribution is -2.44. The molecule has 4 rings (SSSR count). The third kappa shape index (κ3) is 4.48. The Kier molecular flexibility index (Phi) is 6.62. The molecule has 0 atom stereocenters. The summed E-state index contributed by atoms with van der Waals surface area (Å²) in [6, 6.07) is 1.80. The monoisotopic (exact) mass is 413 g/mol. The highest BCUT2D eigenvalue weighted by molar-refractivity contribution is 5.90. The summed E-state index contributed by atoms with van der Waals surface area (Å²) < 4.78 is 12.8. The minimum atomic E-state index is 0.364. The maximum absolute atomic E-state index is 5.54. The van der Waals surface area contributed by atoms with Gasteiger partial charge in [-0.1, -0.05) is 0 Å². The smallest absolute Gasteiger partial charge is 0.228 e. The van der Waals surface area contributed by atoms with Crippen molar-refractivity contribution in [2.24, 2.45) is 0 Å². The molecule has 0 aromatic carbocycles. The van der Waals surface area contributed by atoms with Gasteiger partial charge in [-0.25, -0.2) is 15.0 Å². The molecule has 1 aliphatic heterocycles. The fourth-order valence-corrected chi connectivity index (χ4v) is 3.40. The Morgan fingerprint density at radius 3 is 2.83 bits per heavy atom. The first-order valence-corrected chi connectivity index (χ1v) is 10.1. The normalized spacial score (nSPS) is 14.4. The third-order valence-corrected chi connectivity index (χ3v) is 4.81. The number of anilines is 3. The SMILES string of the molecule is CCOCCn1nc(COC)c2nc(N3CCNCC3)nc(Nc3ccncn3)c21. The Labute approximate surface area is 174 Å². The average molecular weight is 413 g/mol. The van der Waals surface area contributed by atoms with Crippen LogP contribution < -0.4 is 15.5 Å². The molecule has 0 saturated carbocycles. The molecule has 0 unspecified atom stereocenters. The first kappa shape index (κ1) is 20.4. The summed E-state index contributed by atoms with van der Waals surface area (Å²) in [6.07, 6.45) is 3.19. The summed E-state index contributed by atoms with van der Waals surface area (Å²) in [4.78, 5) is 20.2. The van der Waals surface area contributed by atoms with Crippen LogP contribution in [-0.4, -0.2) is 76.2 Å². The Morgan fingerprint density at radius 2 is 2.10 bits per heavy atom. The molecule has 2 N–H and O–H groups in total. The third-order valence-electron chi connectivity index (χ3n) is 4.81. The van der Waals surface area contributed by atoms with E-state index in [1.165, 1.54) is 6.33 Å². The minimum Gasteiger partial charge on any atom is -0.380 e. The summed E-state index contributed by atoms with van der Waals surface area (Å²) in [5.74, 6) is 1.97. The standard InChI is InChI=1S/C19H27N9O2/c1-3-30-11-10-28-17-16(14(26-28)12-29-2)24-19(27-8-6-20-7-9-27)25-18(17)23-15-4-5-21-13-22-15/h4-5,13,20H,3,6-12H2,1-2H3,(H,21,22,23,24,25). The first-order chi connectivity index (χ1) is 14.8. The summed E-state index contributed by atoms with van der Waals surface area (Å²) in [6.45, 7) is 7.61. The van der Waals surface area contributed by atoms with Crippen LogP contribution in [0.1, 0.15) is 12.6 Å². The molecule has 0 radical (unpaired) electrons. The molecule has 1 fully saturated rings. The molecule has 30 heavy (non-hydrogen) atoms. The van der Waals surface area contributed by atoms with Crippen LogP contribution in [0.25, 0.3) is 11.0 Å². The Hall–Kier alpha value is -2.89. The average Bonchev–Trinajstić information content (AvgIpc) is 3.13. The topological polar surface area (TPSA) is 115 Å². The van der Waals surface area contributed by atoms with E-state index in [-0.39, 0.29) is 0 Å². The van der Waals surface area contributed by atoms with E-state index in [1.54, 1.807) is 19.4 Å². The van der Waals surface area contributed by atoms with Crippen molar-refractivity contribution in [3.05, 3.63) is 24.3 Å². The molecule has 0 aliphatic carbocycles. The summed E-state index contributed by atoms with van der Waals surface area (Å²) in [5.41, 5.74) is 2.35. The van der Waals surface area contributed by atoms with Gasteiger partial charge in [-0.15, -0.1) is 0 Å². The number of ether oxygens (including phenoxy) is 2. The van der Waals surface area contributed by atoms with E-state index in [1.807, 2.05) is 11.6 Å².